The van der Waals surface area contributed by atoms with Gasteiger partial charge in [-0.25, -0.2) is 0 Å². The fraction of sp³-hybridized carbons (Fsp3) is 1.00. The summed E-state index contributed by atoms with van der Waals surface area (Å²) in [6.45, 7) is 0. The van der Waals surface area contributed by atoms with E-state index < -0.39 is 0 Å². The van der Waals surface area contributed by atoms with Crippen LogP contribution in [-0.2, 0) is 0 Å². The maximum atomic E-state index is 11.5. The van der Waals surface area contributed by atoms with Crippen molar-refractivity contribution in [2.45, 2.75) is 172 Å². The van der Waals surface area contributed by atoms with Crippen LogP contribution in [0.15, 0.2) is 0 Å². The molecule has 5 aliphatic carbocycles. The van der Waals surface area contributed by atoms with Crippen LogP contribution in [0.3, 0.4) is 0 Å². The fourth-order valence-corrected chi connectivity index (χ4v) is 11.4. The highest BCUT2D eigenvalue weighted by Gasteiger charge is 2.66. The number of aliphatic hydroxyl groups excluding tert-OH is 1. The van der Waals surface area contributed by atoms with E-state index >= 15 is 0 Å². The van der Waals surface area contributed by atoms with E-state index in [9.17, 15) is 5.11 Å². The smallest absolute Gasteiger partial charge is 0.0573 e. The molecule has 0 spiro atoms. The molecule has 5 saturated carbocycles. The third-order valence-electron chi connectivity index (χ3n) is 12.5. The quantitative estimate of drug-likeness (QED) is 0.307. The molecule has 0 bridgehead atoms. The van der Waals surface area contributed by atoms with Gasteiger partial charge in [0.05, 0.1) is 6.10 Å². The molecule has 0 saturated heterocycles. The standard InChI is InChI=1S/C32H55ClO/c33-27-18-24-32(25-19-27,31(22-11-6-12-23-31)28-16-13-17-29(28)34)30(20-9-4-5-10-21-30)26-14-7-2-1-3-8-15-26/h26-29,34H,1-25H2. The highest BCUT2D eigenvalue weighted by atomic mass is 35.5. The number of halogens is 1. The molecular weight excluding hydrogens is 436 g/mol. The number of hydrogen-bond donors (Lipinski definition) is 1. The van der Waals surface area contributed by atoms with E-state index in [0.29, 0.717) is 27.5 Å². The van der Waals surface area contributed by atoms with Crippen molar-refractivity contribution in [3.8, 4) is 0 Å². The second-order valence-electron chi connectivity index (χ2n) is 13.7. The molecule has 2 heteroatoms. The molecular formula is C32H55ClO. The first kappa shape index (κ1) is 25.9. The Bertz CT molecular complexity index is 613. The molecule has 5 fully saturated rings. The molecule has 0 aromatic carbocycles. The lowest BCUT2D eigenvalue weighted by atomic mass is 9.36. The molecule has 0 heterocycles. The van der Waals surface area contributed by atoms with Crippen LogP contribution in [0, 0.1) is 28.1 Å². The molecule has 0 aromatic heterocycles. The minimum atomic E-state index is -0.0381. The van der Waals surface area contributed by atoms with Gasteiger partial charge in [0, 0.05) is 5.38 Å². The maximum absolute atomic E-state index is 11.5. The molecule has 2 unspecified atom stereocenters. The molecule has 0 amide bonds. The zero-order valence-electron chi connectivity index (χ0n) is 22.3. The summed E-state index contributed by atoms with van der Waals surface area (Å²) >= 11 is 6.92. The van der Waals surface area contributed by atoms with E-state index in [2.05, 4.69) is 0 Å². The van der Waals surface area contributed by atoms with Gasteiger partial charge < -0.3 is 5.11 Å². The molecule has 34 heavy (non-hydrogen) atoms. The summed E-state index contributed by atoms with van der Waals surface area (Å²) in [6, 6.07) is 0. The van der Waals surface area contributed by atoms with Gasteiger partial charge in [0.25, 0.3) is 0 Å². The lowest BCUT2D eigenvalue weighted by Gasteiger charge is -2.69. The SMILES string of the molecule is OC1CCCC1C1(C2(C3(C4CCCCCCC4)CCCCCC3)CCC(Cl)CC2)CCCCC1. The van der Waals surface area contributed by atoms with Gasteiger partial charge in [-0.05, 0) is 105 Å². The molecule has 1 nitrogen and oxygen atoms in total. The summed E-state index contributed by atoms with van der Waals surface area (Å²) < 4.78 is 0. The van der Waals surface area contributed by atoms with Gasteiger partial charge in [-0.3, -0.25) is 0 Å². The third-order valence-corrected chi connectivity index (χ3v) is 12.9. The zero-order valence-corrected chi connectivity index (χ0v) is 23.1. The van der Waals surface area contributed by atoms with Gasteiger partial charge in [0.15, 0.2) is 0 Å². The Balaban J connectivity index is 1.65. The topological polar surface area (TPSA) is 20.2 Å². The highest BCUT2D eigenvalue weighted by molar-refractivity contribution is 6.20. The van der Waals surface area contributed by atoms with Gasteiger partial charge in [-0.15, -0.1) is 11.6 Å². The van der Waals surface area contributed by atoms with Gasteiger partial charge in [0.2, 0.25) is 0 Å². The first-order chi connectivity index (χ1) is 16.6. The highest BCUT2D eigenvalue weighted by Crippen LogP contribution is 2.74. The van der Waals surface area contributed by atoms with Crippen molar-refractivity contribution in [3.63, 3.8) is 0 Å². The third kappa shape index (κ3) is 4.54. The number of aliphatic hydroxyl groups is 1. The summed E-state index contributed by atoms with van der Waals surface area (Å²) in [5.41, 5.74) is 1.32. The first-order valence-corrected chi connectivity index (χ1v) is 16.4. The van der Waals surface area contributed by atoms with Crippen molar-refractivity contribution < 1.29 is 5.11 Å². The van der Waals surface area contributed by atoms with E-state index in [4.69, 9.17) is 11.6 Å². The van der Waals surface area contributed by atoms with Crippen LogP contribution in [0.4, 0.5) is 0 Å². The average Bonchev–Trinajstić information content (AvgIpc) is 3.12. The van der Waals surface area contributed by atoms with Crippen molar-refractivity contribution in [1.82, 2.24) is 0 Å². The Morgan fingerprint density at radius 3 is 1.53 bits per heavy atom. The van der Waals surface area contributed by atoms with Crippen molar-refractivity contribution >= 4 is 11.6 Å². The van der Waals surface area contributed by atoms with E-state index in [0.717, 1.165) is 12.3 Å². The van der Waals surface area contributed by atoms with Crippen LogP contribution in [-0.4, -0.2) is 16.6 Å². The maximum Gasteiger partial charge on any atom is 0.0573 e. The molecule has 0 aromatic rings. The van der Waals surface area contributed by atoms with Crippen LogP contribution in [0.1, 0.15) is 161 Å². The number of alkyl halides is 1. The molecule has 1 N–H and O–H groups in total. The van der Waals surface area contributed by atoms with Crippen LogP contribution in [0.5, 0.6) is 0 Å². The first-order valence-electron chi connectivity index (χ1n) is 16.0. The lowest BCUT2D eigenvalue weighted by molar-refractivity contribution is -0.204. The zero-order chi connectivity index (χ0) is 23.5. The molecule has 0 radical (unpaired) electrons. The number of rotatable bonds is 4. The Hall–Kier alpha value is 0.250. The van der Waals surface area contributed by atoms with Gasteiger partial charge in [-0.2, -0.15) is 0 Å². The minimum Gasteiger partial charge on any atom is -0.393 e. The Labute approximate surface area is 216 Å². The molecule has 5 rings (SSSR count). The molecule has 0 aliphatic heterocycles. The fourth-order valence-electron chi connectivity index (χ4n) is 11.2. The predicted molar refractivity (Wildman–Crippen MR) is 145 cm³/mol. The molecule has 5 aliphatic rings. The van der Waals surface area contributed by atoms with E-state index in [1.54, 1.807) is 0 Å². The van der Waals surface area contributed by atoms with Crippen molar-refractivity contribution in [2.75, 3.05) is 0 Å². The Kier molecular flexibility index (Phi) is 8.62. The number of hydrogen-bond acceptors (Lipinski definition) is 1. The average molecular weight is 491 g/mol. The van der Waals surface area contributed by atoms with Crippen LogP contribution in [0.2, 0.25) is 0 Å². The van der Waals surface area contributed by atoms with Crippen LogP contribution >= 0.6 is 11.6 Å². The normalized spacial score (nSPS) is 40.2. The van der Waals surface area contributed by atoms with Crippen LogP contribution in [0.25, 0.3) is 0 Å². The predicted octanol–water partition coefficient (Wildman–Crippen LogP) is 9.97. The molecule has 196 valence electrons. The van der Waals surface area contributed by atoms with Crippen LogP contribution < -0.4 is 0 Å². The largest absolute Gasteiger partial charge is 0.393 e. The van der Waals surface area contributed by atoms with Crippen molar-refractivity contribution in [3.05, 3.63) is 0 Å². The second kappa shape index (κ2) is 11.3. The van der Waals surface area contributed by atoms with E-state index in [1.165, 1.54) is 154 Å². The monoisotopic (exact) mass is 490 g/mol. The lowest BCUT2D eigenvalue weighted by Crippen LogP contribution is -2.62. The summed E-state index contributed by atoms with van der Waals surface area (Å²) in [5.74, 6) is 1.49. The Morgan fingerprint density at radius 1 is 0.471 bits per heavy atom. The van der Waals surface area contributed by atoms with E-state index in [-0.39, 0.29) is 6.10 Å². The van der Waals surface area contributed by atoms with Gasteiger partial charge >= 0.3 is 0 Å². The summed E-state index contributed by atoms with van der Waals surface area (Å²) in [5, 5.41) is 11.9. The summed E-state index contributed by atoms with van der Waals surface area (Å²) in [4.78, 5) is 0. The van der Waals surface area contributed by atoms with E-state index in [1.807, 2.05) is 0 Å². The summed E-state index contributed by atoms with van der Waals surface area (Å²) in [6.07, 6.45) is 35.1. The van der Waals surface area contributed by atoms with Gasteiger partial charge in [0.1, 0.15) is 0 Å². The van der Waals surface area contributed by atoms with Crippen molar-refractivity contribution in [2.24, 2.45) is 28.1 Å². The molecule has 2 atom stereocenters. The minimum absolute atomic E-state index is 0.0381. The van der Waals surface area contributed by atoms with Gasteiger partial charge in [-0.1, -0.05) is 83.5 Å². The summed E-state index contributed by atoms with van der Waals surface area (Å²) in [7, 11) is 0. The Morgan fingerprint density at radius 2 is 0.971 bits per heavy atom. The second-order valence-corrected chi connectivity index (χ2v) is 14.3. The van der Waals surface area contributed by atoms with Crippen molar-refractivity contribution in [1.29, 1.82) is 0 Å².